The third-order valence-electron chi connectivity index (χ3n) is 2.09. The molecule has 0 saturated carbocycles. The van der Waals surface area contributed by atoms with E-state index in [2.05, 4.69) is 5.32 Å². The van der Waals surface area contributed by atoms with Gasteiger partial charge in [0.05, 0.1) is 0 Å². The van der Waals surface area contributed by atoms with Gasteiger partial charge in [-0.25, -0.2) is 0 Å². The van der Waals surface area contributed by atoms with E-state index in [0.29, 0.717) is 13.1 Å². The van der Waals surface area contributed by atoms with Crippen molar-refractivity contribution in [1.29, 1.82) is 0 Å². The molecule has 0 aliphatic carbocycles. The molecule has 1 amide bonds. The van der Waals surface area contributed by atoms with E-state index in [9.17, 15) is 9.90 Å². The van der Waals surface area contributed by atoms with Gasteiger partial charge in [-0.1, -0.05) is 6.07 Å². The number of carbonyl (C=O) groups excluding carboxylic acids is 1. The summed E-state index contributed by atoms with van der Waals surface area (Å²) in [4.78, 5) is 12.6. The van der Waals surface area contributed by atoms with E-state index in [1.165, 1.54) is 6.92 Å². The molecule has 2 N–H and O–H groups in total. The van der Waals surface area contributed by atoms with Crippen molar-refractivity contribution >= 4 is 11.6 Å². The number of carbonyl (C=O) groups is 1. The molecule has 82 valence electrons. The molecular weight excluding hydrogens is 192 g/mol. The largest absolute Gasteiger partial charge is 0.508 e. The molecule has 0 spiro atoms. The molecule has 4 heteroatoms. The van der Waals surface area contributed by atoms with Crippen LogP contribution in [-0.2, 0) is 4.79 Å². The van der Waals surface area contributed by atoms with Gasteiger partial charge in [0.2, 0.25) is 5.91 Å². The van der Waals surface area contributed by atoms with E-state index in [-0.39, 0.29) is 11.7 Å². The van der Waals surface area contributed by atoms with Crippen molar-refractivity contribution in [3.63, 3.8) is 0 Å². The van der Waals surface area contributed by atoms with Crippen molar-refractivity contribution < 1.29 is 9.90 Å². The number of rotatable bonds is 4. The van der Waals surface area contributed by atoms with Crippen molar-refractivity contribution in [3.8, 4) is 5.75 Å². The summed E-state index contributed by atoms with van der Waals surface area (Å²) in [5.41, 5.74) is 0.931. The maximum absolute atomic E-state index is 10.6. The normalized spacial score (nSPS) is 9.73. The molecule has 0 fully saturated rings. The predicted molar refractivity (Wildman–Crippen MR) is 60.1 cm³/mol. The third kappa shape index (κ3) is 3.89. The lowest BCUT2D eigenvalue weighted by atomic mass is 10.3. The number of nitrogens with zero attached hydrogens (tertiary/aromatic N) is 1. The van der Waals surface area contributed by atoms with Crippen LogP contribution in [0.1, 0.15) is 6.92 Å². The molecule has 1 rings (SSSR count). The Kier molecular flexibility index (Phi) is 3.97. The fourth-order valence-corrected chi connectivity index (χ4v) is 1.26. The number of phenolic OH excluding ortho intramolecular Hbond substituents is 1. The van der Waals surface area contributed by atoms with E-state index in [1.54, 1.807) is 18.2 Å². The maximum atomic E-state index is 10.6. The van der Waals surface area contributed by atoms with Gasteiger partial charge in [0.1, 0.15) is 5.75 Å². The first-order valence-corrected chi connectivity index (χ1v) is 4.84. The third-order valence-corrected chi connectivity index (χ3v) is 2.09. The lowest BCUT2D eigenvalue weighted by Gasteiger charge is -2.19. The van der Waals surface area contributed by atoms with Gasteiger partial charge in [0.15, 0.2) is 0 Å². The fraction of sp³-hybridized carbons (Fsp3) is 0.364. The first-order chi connectivity index (χ1) is 7.09. The van der Waals surface area contributed by atoms with Crippen LogP contribution in [0.3, 0.4) is 0 Å². The van der Waals surface area contributed by atoms with Crippen LogP contribution >= 0.6 is 0 Å². The van der Waals surface area contributed by atoms with Gasteiger partial charge in [-0.2, -0.15) is 0 Å². The van der Waals surface area contributed by atoms with E-state index in [4.69, 9.17) is 0 Å². The zero-order chi connectivity index (χ0) is 11.3. The van der Waals surface area contributed by atoms with Crippen LogP contribution in [-0.4, -0.2) is 31.2 Å². The Bertz CT molecular complexity index is 339. The molecule has 4 nitrogen and oxygen atoms in total. The number of anilines is 1. The Hall–Kier alpha value is -1.71. The minimum absolute atomic E-state index is 0.0284. The van der Waals surface area contributed by atoms with Gasteiger partial charge in [-0.05, 0) is 12.1 Å². The molecule has 0 aromatic heterocycles. The standard InChI is InChI=1S/C11H16N2O2/c1-9(14)12-6-7-13(2)10-4-3-5-11(15)8-10/h3-5,8,15H,6-7H2,1-2H3,(H,12,14). The van der Waals surface area contributed by atoms with Crippen LogP contribution in [0, 0.1) is 0 Å². The monoisotopic (exact) mass is 208 g/mol. The highest BCUT2D eigenvalue weighted by atomic mass is 16.3. The van der Waals surface area contributed by atoms with Crippen LogP contribution in [0.25, 0.3) is 0 Å². The molecule has 0 saturated heterocycles. The SMILES string of the molecule is CC(=O)NCCN(C)c1cccc(O)c1. The Balaban J connectivity index is 2.46. The highest BCUT2D eigenvalue weighted by molar-refractivity contribution is 5.72. The summed E-state index contributed by atoms with van der Waals surface area (Å²) >= 11 is 0. The molecule has 0 atom stereocenters. The van der Waals surface area contributed by atoms with Gasteiger partial charge < -0.3 is 15.3 Å². The maximum Gasteiger partial charge on any atom is 0.216 e. The molecular formula is C11H16N2O2. The minimum Gasteiger partial charge on any atom is -0.508 e. The lowest BCUT2D eigenvalue weighted by molar-refractivity contribution is -0.118. The molecule has 15 heavy (non-hydrogen) atoms. The molecule has 0 unspecified atom stereocenters. The second-order valence-electron chi connectivity index (χ2n) is 3.42. The second kappa shape index (κ2) is 5.24. The zero-order valence-electron chi connectivity index (χ0n) is 9.03. The summed E-state index contributed by atoms with van der Waals surface area (Å²) in [6.07, 6.45) is 0. The predicted octanol–water partition coefficient (Wildman–Crippen LogP) is 0.964. The molecule has 0 aliphatic heterocycles. The number of benzene rings is 1. The number of aromatic hydroxyl groups is 1. The quantitative estimate of drug-likeness (QED) is 0.775. The number of likely N-dealkylation sites (N-methyl/N-ethyl adjacent to an activating group) is 1. The summed E-state index contributed by atoms with van der Waals surface area (Å²) in [6.45, 7) is 2.80. The van der Waals surface area contributed by atoms with Crippen molar-refractivity contribution in [1.82, 2.24) is 5.32 Å². The van der Waals surface area contributed by atoms with E-state index in [1.807, 2.05) is 18.0 Å². The van der Waals surface area contributed by atoms with E-state index in [0.717, 1.165) is 5.69 Å². The summed E-state index contributed by atoms with van der Waals surface area (Å²) in [7, 11) is 1.91. The van der Waals surface area contributed by atoms with Crippen molar-refractivity contribution in [2.24, 2.45) is 0 Å². The highest BCUT2D eigenvalue weighted by Crippen LogP contribution is 2.18. The minimum atomic E-state index is -0.0284. The molecule has 0 heterocycles. The van der Waals surface area contributed by atoms with Crippen LogP contribution in [0.15, 0.2) is 24.3 Å². The van der Waals surface area contributed by atoms with Gasteiger partial charge in [0, 0.05) is 38.8 Å². The number of hydrogen-bond acceptors (Lipinski definition) is 3. The molecule has 0 radical (unpaired) electrons. The molecule has 0 bridgehead atoms. The van der Waals surface area contributed by atoms with Gasteiger partial charge in [-0.3, -0.25) is 4.79 Å². The number of amides is 1. The van der Waals surface area contributed by atoms with Crippen molar-refractivity contribution in [2.45, 2.75) is 6.92 Å². The number of phenols is 1. The second-order valence-corrected chi connectivity index (χ2v) is 3.42. The smallest absolute Gasteiger partial charge is 0.216 e. The van der Waals surface area contributed by atoms with Crippen LogP contribution in [0.4, 0.5) is 5.69 Å². The Morgan fingerprint density at radius 3 is 2.87 bits per heavy atom. The van der Waals surface area contributed by atoms with Crippen molar-refractivity contribution in [3.05, 3.63) is 24.3 Å². The van der Waals surface area contributed by atoms with Gasteiger partial charge in [0.25, 0.3) is 0 Å². The highest BCUT2D eigenvalue weighted by Gasteiger charge is 2.01. The van der Waals surface area contributed by atoms with Crippen LogP contribution < -0.4 is 10.2 Å². The molecule has 0 aliphatic rings. The first-order valence-electron chi connectivity index (χ1n) is 4.84. The summed E-state index contributed by atoms with van der Waals surface area (Å²) < 4.78 is 0. The number of nitrogens with one attached hydrogen (secondary N) is 1. The first kappa shape index (κ1) is 11.4. The Morgan fingerprint density at radius 1 is 1.53 bits per heavy atom. The van der Waals surface area contributed by atoms with Crippen LogP contribution in [0.5, 0.6) is 5.75 Å². The average molecular weight is 208 g/mol. The summed E-state index contributed by atoms with van der Waals surface area (Å²) in [6, 6.07) is 7.02. The van der Waals surface area contributed by atoms with Gasteiger partial charge in [-0.15, -0.1) is 0 Å². The summed E-state index contributed by atoms with van der Waals surface area (Å²) in [5.74, 6) is 0.221. The van der Waals surface area contributed by atoms with Crippen molar-refractivity contribution in [2.75, 3.05) is 25.0 Å². The summed E-state index contributed by atoms with van der Waals surface area (Å²) in [5, 5.41) is 12.0. The zero-order valence-corrected chi connectivity index (χ0v) is 9.03. The topological polar surface area (TPSA) is 52.6 Å². The van der Waals surface area contributed by atoms with E-state index < -0.39 is 0 Å². The van der Waals surface area contributed by atoms with Crippen LogP contribution in [0.2, 0.25) is 0 Å². The lowest BCUT2D eigenvalue weighted by Crippen LogP contribution is -2.31. The average Bonchev–Trinajstić information content (AvgIpc) is 2.17. The number of hydrogen-bond donors (Lipinski definition) is 2. The molecule has 1 aromatic rings. The fourth-order valence-electron chi connectivity index (χ4n) is 1.26. The van der Waals surface area contributed by atoms with E-state index >= 15 is 0 Å². The molecule has 1 aromatic carbocycles. The Labute approximate surface area is 89.5 Å². The Morgan fingerprint density at radius 2 is 2.27 bits per heavy atom. The van der Waals surface area contributed by atoms with Gasteiger partial charge >= 0.3 is 0 Å².